The Morgan fingerprint density at radius 1 is 1.07 bits per heavy atom. The zero-order chi connectivity index (χ0) is 21.4. The molecule has 1 aromatic carbocycles. The van der Waals surface area contributed by atoms with Crippen LogP contribution < -0.4 is 14.4 Å². The van der Waals surface area contributed by atoms with Gasteiger partial charge in [0, 0.05) is 51.1 Å². The van der Waals surface area contributed by atoms with Gasteiger partial charge >= 0.3 is 0 Å². The number of likely N-dealkylation sites (N-methyl/N-ethyl adjacent to an activating group) is 1. The summed E-state index contributed by atoms with van der Waals surface area (Å²) in [4.78, 5) is 9.17. The molecule has 8 nitrogen and oxygen atoms in total. The van der Waals surface area contributed by atoms with Crippen LogP contribution >= 0.6 is 0 Å². The molecule has 2 aromatic rings. The van der Waals surface area contributed by atoms with Crippen molar-refractivity contribution in [2.75, 3.05) is 57.9 Å². The smallest absolute Gasteiger partial charge is 0.240 e. The third-order valence-electron chi connectivity index (χ3n) is 4.96. The summed E-state index contributed by atoms with van der Waals surface area (Å²) < 4.78 is 38.9. The molecule has 0 atom stereocenters. The molecule has 0 unspecified atom stereocenters. The molecule has 1 aliphatic heterocycles. The van der Waals surface area contributed by atoms with Gasteiger partial charge in [-0.15, -0.1) is 0 Å². The van der Waals surface area contributed by atoms with E-state index in [1.165, 1.54) is 0 Å². The van der Waals surface area contributed by atoms with Crippen LogP contribution in [0.4, 0.5) is 5.82 Å². The fourth-order valence-electron chi connectivity index (χ4n) is 3.21. The summed E-state index contributed by atoms with van der Waals surface area (Å²) in [5, 5.41) is 0. The van der Waals surface area contributed by atoms with Crippen molar-refractivity contribution in [3.8, 4) is 5.75 Å². The van der Waals surface area contributed by atoms with Crippen LogP contribution in [0, 0.1) is 0 Å². The summed E-state index contributed by atoms with van der Waals surface area (Å²) >= 11 is 0. The van der Waals surface area contributed by atoms with Crippen LogP contribution in [0.15, 0.2) is 47.5 Å². The van der Waals surface area contributed by atoms with Gasteiger partial charge in [0.1, 0.15) is 18.2 Å². The number of piperazine rings is 1. The van der Waals surface area contributed by atoms with Gasteiger partial charge in [0.05, 0.1) is 11.5 Å². The molecular weight excluding hydrogens is 404 g/mol. The lowest BCUT2D eigenvalue weighted by Crippen LogP contribution is -2.45. The lowest BCUT2D eigenvalue weighted by molar-refractivity contribution is 0.110. The highest BCUT2D eigenvalue weighted by Crippen LogP contribution is 2.20. The number of anilines is 1. The van der Waals surface area contributed by atoms with Crippen molar-refractivity contribution in [1.82, 2.24) is 14.6 Å². The Morgan fingerprint density at radius 2 is 1.80 bits per heavy atom. The Bertz CT molecular complexity index is 897. The van der Waals surface area contributed by atoms with Crippen LogP contribution in [-0.2, 0) is 21.3 Å². The summed E-state index contributed by atoms with van der Waals surface area (Å²) in [6.07, 6.45) is 1.75. The number of sulfonamides is 1. The van der Waals surface area contributed by atoms with E-state index in [1.54, 1.807) is 30.5 Å². The van der Waals surface area contributed by atoms with E-state index in [1.807, 2.05) is 19.1 Å². The minimum atomic E-state index is -3.65. The highest BCUT2D eigenvalue weighted by atomic mass is 32.2. The van der Waals surface area contributed by atoms with Crippen molar-refractivity contribution in [2.24, 2.45) is 0 Å². The van der Waals surface area contributed by atoms with Crippen LogP contribution in [0.3, 0.4) is 0 Å². The molecule has 0 amide bonds. The number of rotatable bonds is 10. The lowest BCUT2D eigenvalue weighted by Gasteiger charge is -2.34. The van der Waals surface area contributed by atoms with E-state index >= 15 is 0 Å². The largest absolute Gasteiger partial charge is 0.491 e. The molecule has 0 bridgehead atoms. The second-order valence-corrected chi connectivity index (χ2v) is 8.88. The number of benzene rings is 1. The third kappa shape index (κ3) is 6.15. The zero-order valence-electron chi connectivity index (χ0n) is 17.6. The maximum atomic E-state index is 12.7. The maximum Gasteiger partial charge on any atom is 0.240 e. The normalized spacial score (nSPS) is 15.3. The molecule has 0 saturated carbocycles. The van der Waals surface area contributed by atoms with Crippen LogP contribution in [0.25, 0.3) is 0 Å². The van der Waals surface area contributed by atoms with E-state index < -0.39 is 10.0 Å². The summed E-state index contributed by atoms with van der Waals surface area (Å²) in [6, 6.07) is 10.1. The van der Waals surface area contributed by atoms with Gasteiger partial charge in [-0.1, -0.05) is 6.07 Å². The Balaban J connectivity index is 1.61. The summed E-state index contributed by atoms with van der Waals surface area (Å²) in [7, 11) is -1.55. The standard InChI is InChI=1S/C21H30N4O4S/c1-3-28-15-16-29-19-6-8-20(9-7-19)30(26,27)23-17-18-5-4-10-22-21(18)25-13-11-24(2)12-14-25/h4-10,23H,3,11-17H2,1-2H3. The minimum Gasteiger partial charge on any atom is -0.491 e. The van der Waals surface area contributed by atoms with Crippen LogP contribution in [0.5, 0.6) is 5.75 Å². The van der Waals surface area contributed by atoms with Crippen molar-refractivity contribution in [1.29, 1.82) is 0 Å². The van der Waals surface area contributed by atoms with Crippen LogP contribution in [-0.4, -0.2) is 71.3 Å². The van der Waals surface area contributed by atoms with Gasteiger partial charge in [0.2, 0.25) is 10.0 Å². The maximum absolute atomic E-state index is 12.7. The SMILES string of the molecule is CCOCCOc1ccc(S(=O)(=O)NCc2cccnc2N2CCN(C)CC2)cc1. The summed E-state index contributed by atoms with van der Waals surface area (Å²) in [6.45, 7) is 7.33. The fraction of sp³-hybridized carbons (Fsp3) is 0.476. The van der Waals surface area contributed by atoms with Crippen molar-refractivity contribution in [3.05, 3.63) is 48.2 Å². The molecule has 1 aliphatic rings. The molecule has 0 radical (unpaired) electrons. The molecule has 3 rings (SSSR count). The van der Waals surface area contributed by atoms with Gasteiger partial charge in [-0.2, -0.15) is 0 Å². The molecule has 1 saturated heterocycles. The number of nitrogens with one attached hydrogen (secondary N) is 1. The first-order valence-electron chi connectivity index (χ1n) is 10.2. The van der Waals surface area contributed by atoms with E-state index in [4.69, 9.17) is 9.47 Å². The van der Waals surface area contributed by atoms with Crippen molar-refractivity contribution in [3.63, 3.8) is 0 Å². The number of ether oxygens (including phenoxy) is 2. The average molecular weight is 435 g/mol. The monoisotopic (exact) mass is 434 g/mol. The lowest BCUT2D eigenvalue weighted by atomic mass is 10.2. The predicted octanol–water partition coefficient (Wildman–Crippen LogP) is 1.73. The van der Waals surface area contributed by atoms with E-state index in [0.29, 0.717) is 25.6 Å². The average Bonchev–Trinajstić information content (AvgIpc) is 2.76. The van der Waals surface area contributed by atoms with Crippen molar-refractivity contribution in [2.45, 2.75) is 18.4 Å². The molecule has 0 aliphatic carbocycles. The van der Waals surface area contributed by atoms with Gasteiger partial charge in [-0.3, -0.25) is 0 Å². The molecule has 164 valence electrons. The number of pyridine rings is 1. The molecule has 30 heavy (non-hydrogen) atoms. The first kappa shape index (κ1) is 22.5. The highest BCUT2D eigenvalue weighted by molar-refractivity contribution is 7.89. The summed E-state index contributed by atoms with van der Waals surface area (Å²) in [5.41, 5.74) is 0.863. The summed E-state index contributed by atoms with van der Waals surface area (Å²) in [5.74, 6) is 1.45. The van der Waals surface area contributed by atoms with Gasteiger partial charge in [-0.25, -0.2) is 18.1 Å². The second-order valence-electron chi connectivity index (χ2n) is 7.12. The Kier molecular flexibility index (Phi) is 8.03. The highest BCUT2D eigenvalue weighted by Gasteiger charge is 2.20. The van der Waals surface area contributed by atoms with Crippen LogP contribution in [0.2, 0.25) is 0 Å². The van der Waals surface area contributed by atoms with Gasteiger partial charge < -0.3 is 19.3 Å². The van der Waals surface area contributed by atoms with E-state index in [-0.39, 0.29) is 11.4 Å². The Labute approximate surface area is 178 Å². The molecular formula is C21H30N4O4S. The van der Waals surface area contributed by atoms with E-state index in [0.717, 1.165) is 37.6 Å². The van der Waals surface area contributed by atoms with Gasteiger partial charge in [0.15, 0.2) is 0 Å². The second kappa shape index (κ2) is 10.7. The fourth-order valence-corrected chi connectivity index (χ4v) is 4.21. The van der Waals surface area contributed by atoms with Crippen molar-refractivity contribution >= 4 is 15.8 Å². The topological polar surface area (TPSA) is 84.0 Å². The minimum absolute atomic E-state index is 0.185. The Morgan fingerprint density at radius 3 is 2.50 bits per heavy atom. The molecule has 2 heterocycles. The quantitative estimate of drug-likeness (QED) is 0.570. The van der Waals surface area contributed by atoms with Crippen LogP contribution in [0.1, 0.15) is 12.5 Å². The first-order valence-corrected chi connectivity index (χ1v) is 11.7. The number of hydrogen-bond donors (Lipinski definition) is 1. The van der Waals surface area contributed by atoms with Gasteiger partial charge in [0.25, 0.3) is 0 Å². The molecule has 1 aromatic heterocycles. The van der Waals surface area contributed by atoms with Gasteiger partial charge in [-0.05, 0) is 44.3 Å². The van der Waals surface area contributed by atoms with E-state index in [9.17, 15) is 8.42 Å². The van der Waals surface area contributed by atoms with E-state index in [2.05, 4.69) is 26.6 Å². The first-order chi connectivity index (χ1) is 14.5. The number of nitrogens with zero attached hydrogens (tertiary/aromatic N) is 3. The predicted molar refractivity (Wildman–Crippen MR) is 116 cm³/mol. The Hall–Kier alpha value is -2.20. The molecule has 9 heteroatoms. The van der Waals surface area contributed by atoms with Crippen molar-refractivity contribution < 1.29 is 17.9 Å². The molecule has 0 spiro atoms. The zero-order valence-corrected chi connectivity index (χ0v) is 18.4. The molecule has 1 N–H and O–H groups in total. The number of aromatic nitrogens is 1. The third-order valence-corrected chi connectivity index (χ3v) is 6.37. The molecule has 1 fully saturated rings. The number of hydrogen-bond acceptors (Lipinski definition) is 7.